The van der Waals surface area contributed by atoms with E-state index >= 15 is 0 Å². The number of rotatable bonds is 2. The highest BCUT2D eigenvalue weighted by molar-refractivity contribution is 8.26. The normalized spacial score (nSPS) is 33.9. The lowest BCUT2D eigenvalue weighted by atomic mass is 9.42. The van der Waals surface area contributed by atoms with E-state index in [1.54, 1.807) is 0 Å². The molecule has 0 amide bonds. The summed E-state index contributed by atoms with van der Waals surface area (Å²) in [4.78, 5) is 0. The van der Waals surface area contributed by atoms with E-state index in [2.05, 4.69) is 25.5 Å². The second kappa shape index (κ2) is 4.29. The predicted octanol–water partition coefficient (Wildman–Crippen LogP) is 4.23. The third-order valence-corrected chi connectivity index (χ3v) is 5.29. The van der Waals surface area contributed by atoms with Crippen molar-refractivity contribution in [2.24, 2.45) is 0 Å². The van der Waals surface area contributed by atoms with Crippen LogP contribution in [0.4, 0.5) is 0 Å². The van der Waals surface area contributed by atoms with Gasteiger partial charge in [0.05, 0.1) is 0 Å². The Kier molecular flexibility index (Phi) is 3.28. The first kappa shape index (κ1) is 9.95. The molecule has 2 bridgehead atoms. The molecule has 2 heteroatoms. The molecular weight excluding hydrogens is 175 g/mol. The van der Waals surface area contributed by atoms with Gasteiger partial charge >= 0.3 is 0 Å². The van der Waals surface area contributed by atoms with Crippen molar-refractivity contribution in [1.29, 1.82) is 0 Å². The largest absolute Gasteiger partial charge is 0.216 e. The SMILES string of the molecule is CC(C)SB1C2CCCC1CCC2. The Hall–Kier alpha value is 0.415. The molecule has 0 spiro atoms. The Labute approximate surface area is 87.2 Å². The molecule has 13 heavy (non-hydrogen) atoms. The molecule has 0 aromatic carbocycles. The van der Waals surface area contributed by atoms with Crippen molar-refractivity contribution in [3.05, 3.63) is 0 Å². The van der Waals surface area contributed by atoms with Gasteiger partial charge in [0, 0.05) is 0 Å². The van der Waals surface area contributed by atoms with Crippen LogP contribution in [0.3, 0.4) is 0 Å². The predicted molar refractivity (Wildman–Crippen MR) is 63.7 cm³/mol. The summed E-state index contributed by atoms with van der Waals surface area (Å²) in [5, 5.41) is 0.839. The fourth-order valence-electron chi connectivity index (χ4n) is 3.15. The first-order chi connectivity index (χ1) is 6.27. The van der Waals surface area contributed by atoms with Crippen LogP contribution in [-0.2, 0) is 0 Å². The zero-order valence-corrected chi connectivity index (χ0v) is 9.78. The molecule has 0 saturated carbocycles. The summed E-state index contributed by atoms with van der Waals surface area (Å²) in [5.74, 6) is 3.20. The van der Waals surface area contributed by atoms with Gasteiger partial charge in [-0.25, -0.2) is 11.6 Å². The first-order valence-corrected chi connectivity index (χ1v) is 6.87. The summed E-state index contributed by atoms with van der Waals surface area (Å²) >= 11 is 2.27. The standard InChI is InChI=1S/C11H21BS/c1-9(2)13-12-10-5-3-6-11(12)8-4-7-10/h9-11H,3-8H2,1-2H3. The molecule has 74 valence electrons. The van der Waals surface area contributed by atoms with E-state index in [0.29, 0.717) is 0 Å². The molecule has 0 atom stereocenters. The lowest BCUT2D eigenvalue weighted by Crippen LogP contribution is -2.33. The smallest absolute Gasteiger partial charge is 0.207 e. The molecule has 2 aliphatic heterocycles. The van der Waals surface area contributed by atoms with Gasteiger partial charge in [0.2, 0.25) is 5.99 Å². The van der Waals surface area contributed by atoms with Crippen LogP contribution < -0.4 is 0 Å². The minimum Gasteiger partial charge on any atom is -0.207 e. The van der Waals surface area contributed by atoms with Crippen LogP contribution in [0.2, 0.25) is 11.6 Å². The van der Waals surface area contributed by atoms with E-state index in [-0.39, 0.29) is 0 Å². The van der Waals surface area contributed by atoms with Gasteiger partial charge in [-0.3, -0.25) is 0 Å². The fourth-order valence-corrected chi connectivity index (χ4v) is 4.77. The second-order valence-electron chi connectivity index (χ2n) is 5.03. The van der Waals surface area contributed by atoms with E-state index < -0.39 is 0 Å². The molecule has 0 nitrogen and oxygen atoms in total. The first-order valence-electron chi connectivity index (χ1n) is 5.93. The van der Waals surface area contributed by atoms with E-state index in [0.717, 1.165) is 22.9 Å². The summed E-state index contributed by atoms with van der Waals surface area (Å²) < 4.78 is 0. The van der Waals surface area contributed by atoms with Crippen LogP contribution in [0.5, 0.6) is 0 Å². The van der Waals surface area contributed by atoms with Crippen molar-refractivity contribution >= 4 is 17.6 Å². The van der Waals surface area contributed by atoms with Gasteiger partial charge in [-0.1, -0.05) is 64.0 Å². The molecule has 2 rings (SSSR count). The van der Waals surface area contributed by atoms with Crippen LogP contribution in [0.1, 0.15) is 52.4 Å². The molecule has 0 N–H and O–H groups in total. The van der Waals surface area contributed by atoms with Crippen molar-refractivity contribution in [1.82, 2.24) is 0 Å². The Morgan fingerprint density at radius 2 is 1.46 bits per heavy atom. The third kappa shape index (κ3) is 2.26. The van der Waals surface area contributed by atoms with E-state index in [4.69, 9.17) is 0 Å². The highest BCUT2D eigenvalue weighted by atomic mass is 32.2. The maximum absolute atomic E-state index is 2.36. The van der Waals surface area contributed by atoms with Gasteiger partial charge in [-0.05, 0) is 5.25 Å². The molecule has 2 heterocycles. The molecule has 0 aromatic rings. The monoisotopic (exact) mass is 196 g/mol. The van der Waals surface area contributed by atoms with Gasteiger partial charge in [0.25, 0.3) is 0 Å². The number of hydrogen-bond acceptors (Lipinski definition) is 1. The van der Waals surface area contributed by atoms with Gasteiger partial charge < -0.3 is 0 Å². The van der Waals surface area contributed by atoms with E-state index in [1.807, 2.05) is 0 Å². The topological polar surface area (TPSA) is 0 Å². The van der Waals surface area contributed by atoms with Crippen molar-refractivity contribution < 1.29 is 0 Å². The van der Waals surface area contributed by atoms with Gasteiger partial charge in [0.1, 0.15) is 0 Å². The molecule has 2 aliphatic rings. The zero-order chi connectivity index (χ0) is 9.26. The highest BCUT2D eigenvalue weighted by Gasteiger charge is 2.39. The van der Waals surface area contributed by atoms with Crippen molar-refractivity contribution in [3.63, 3.8) is 0 Å². The maximum atomic E-state index is 2.36. The van der Waals surface area contributed by atoms with Crippen LogP contribution in [-0.4, -0.2) is 11.2 Å². The molecule has 2 fully saturated rings. The highest BCUT2D eigenvalue weighted by Crippen LogP contribution is 2.50. The molecule has 0 unspecified atom stereocenters. The fraction of sp³-hybridized carbons (Fsp3) is 1.00. The Morgan fingerprint density at radius 3 is 1.85 bits per heavy atom. The number of hydrogen-bond donors (Lipinski definition) is 0. The van der Waals surface area contributed by atoms with Crippen LogP contribution in [0.15, 0.2) is 0 Å². The minimum absolute atomic E-state index is 0.839. The van der Waals surface area contributed by atoms with E-state index in [9.17, 15) is 0 Å². The summed E-state index contributed by atoms with van der Waals surface area (Å²) in [6.07, 6.45) is 9.15. The molecule has 0 aromatic heterocycles. The lowest BCUT2D eigenvalue weighted by Gasteiger charge is -2.40. The molecule has 0 radical (unpaired) electrons. The van der Waals surface area contributed by atoms with Crippen molar-refractivity contribution in [2.75, 3.05) is 0 Å². The summed E-state index contributed by atoms with van der Waals surface area (Å²) in [6, 6.07) is 0. The average Bonchev–Trinajstić information content (AvgIpc) is 2.02. The minimum atomic E-state index is 0.839. The van der Waals surface area contributed by atoms with Crippen LogP contribution in [0.25, 0.3) is 0 Å². The molecular formula is C11H21BS. The summed E-state index contributed by atoms with van der Waals surface area (Å²) in [7, 11) is 0. The number of fused-ring (bicyclic) bond motifs is 2. The van der Waals surface area contributed by atoms with Crippen LogP contribution >= 0.6 is 11.6 Å². The lowest BCUT2D eigenvalue weighted by molar-refractivity contribution is 0.451. The Balaban J connectivity index is 1.98. The molecule has 2 saturated heterocycles. The van der Waals surface area contributed by atoms with Crippen molar-refractivity contribution in [2.45, 2.75) is 69.3 Å². The Morgan fingerprint density at radius 1 is 1.00 bits per heavy atom. The second-order valence-corrected chi connectivity index (χ2v) is 6.79. The Bertz CT molecular complexity index is 147. The van der Waals surface area contributed by atoms with Gasteiger partial charge in [-0.2, -0.15) is 0 Å². The molecule has 0 aliphatic carbocycles. The maximum Gasteiger partial charge on any atom is 0.216 e. The zero-order valence-electron chi connectivity index (χ0n) is 8.96. The van der Waals surface area contributed by atoms with Gasteiger partial charge in [-0.15, -0.1) is 0 Å². The van der Waals surface area contributed by atoms with E-state index in [1.165, 1.54) is 38.5 Å². The summed E-state index contributed by atoms with van der Waals surface area (Å²) in [5.41, 5.74) is 0. The van der Waals surface area contributed by atoms with Gasteiger partial charge in [0.15, 0.2) is 0 Å². The summed E-state index contributed by atoms with van der Waals surface area (Å²) in [6.45, 7) is 4.71. The van der Waals surface area contributed by atoms with Crippen molar-refractivity contribution in [3.8, 4) is 0 Å². The average molecular weight is 196 g/mol. The third-order valence-electron chi connectivity index (χ3n) is 3.66. The van der Waals surface area contributed by atoms with Crippen LogP contribution in [0, 0.1) is 0 Å². The quantitative estimate of drug-likeness (QED) is 0.595.